The second kappa shape index (κ2) is 4.38. The molecule has 0 aliphatic heterocycles. The second-order valence-electron chi connectivity index (χ2n) is 4.40. The summed E-state index contributed by atoms with van der Waals surface area (Å²) in [6.45, 7) is 1.95. The summed E-state index contributed by atoms with van der Waals surface area (Å²) in [7, 11) is -3.10. The van der Waals surface area contributed by atoms with Crippen LogP contribution in [0.4, 0.5) is 4.39 Å². The Morgan fingerprint density at radius 2 is 2.12 bits per heavy atom. The van der Waals surface area contributed by atoms with Gasteiger partial charge in [0.05, 0.1) is 5.25 Å². The molecule has 0 heterocycles. The Bertz CT molecular complexity index is 515. The van der Waals surface area contributed by atoms with Crippen molar-refractivity contribution in [3.05, 3.63) is 35.6 Å². The summed E-state index contributed by atoms with van der Waals surface area (Å²) >= 11 is 0. The fraction of sp³-hybridized carbons (Fsp3) is 0.500. The Balaban J connectivity index is 2.29. The van der Waals surface area contributed by atoms with Gasteiger partial charge in [-0.1, -0.05) is 19.1 Å². The first-order valence-corrected chi connectivity index (χ1v) is 7.40. The lowest BCUT2D eigenvalue weighted by atomic mass is 10.1. The number of benzene rings is 1. The monoisotopic (exact) mass is 257 g/mol. The molecule has 5 heteroatoms. The highest BCUT2D eigenvalue weighted by Gasteiger charge is 2.56. The van der Waals surface area contributed by atoms with Crippen molar-refractivity contribution in [3.8, 4) is 0 Å². The molecule has 1 saturated carbocycles. The first-order valence-electron chi connectivity index (χ1n) is 5.68. The van der Waals surface area contributed by atoms with E-state index in [1.54, 1.807) is 19.1 Å². The molecule has 1 aliphatic carbocycles. The van der Waals surface area contributed by atoms with E-state index in [4.69, 9.17) is 5.73 Å². The van der Waals surface area contributed by atoms with E-state index < -0.39 is 15.1 Å². The molecule has 1 aromatic rings. The van der Waals surface area contributed by atoms with Gasteiger partial charge in [-0.25, -0.2) is 12.8 Å². The average molecular weight is 257 g/mol. The molecule has 0 saturated heterocycles. The number of nitrogens with two attached hydrogens (primary N) is 1. The molecule has 1 aliphatic rings. The standard InChI is InChI=1S/C12H16FNO2S/c1-2-17(15,16)12-10(7-14)11(12)8-4-3-5-9(13)6-8/h3-6,10-12H,2,7,14H2,1H3/t10-,11-,12+/m0/s1. The lowest BCUT2D eigenvalue weighted by Crippen LogP contribution is -2.15. The van der Waals surface area contributed by atoms with Gasteiger partial charge in [0, 0.05) is 11.7 Å². The predicted molar refractivity (Wildman–Crippen MR) is 64.9 cm³/mol. The van der Waals surface area contributed by atoms with Crippen LogP contribution in [0.3, 0.4) is 0 Å². The first-order chi connectivity index (χ1) is 8.01. The summed E-state index contributed by atoms with van der Waals surface area (Å²) < 4.78 is 36.8. The Kier molecular flexibility index (Phi) is 3.23. The molecule has 0 radical (unpaired) electrons. The largest absolute Gasteiger partial charge is 0.330 e. The van der Waals surface area contributed by atoms with Crippen molar-refractivity contribution in [1.82, 2.24) is 0 Å². The summed E-state index contributed by atoms with van der Waals surface area (Å²) in [6, 6.07) is 6.12. The van der Waals surface area contributed by atoms with Crippen LogP contribution in [0, 0.1) is 11.7 Å². The van der Waals surface area contributed by atoms with Crippen LogP contribution in [0.5, 0.6) is 0 Å². The Morgan fingerprint density at radius 1 is 1.41 bits per heavy atom. The van der Waals surface area contributed by atoms with Crippen LogP contribution in [-0.2, 0) is 9.84 Å². The van der Waals surface area contributed by atoms with Gasteiger partial charge in [-0.2, -0.15) is 0 Å². The molecule has 3 nitrogen and oxygen atoms in total. The second-order valence-corrected chi connectivity index (χ2v) is 6.84. The predicted octanol–water partition coefficient (Wildman–Crippen LogP) is 1.30. The molecule has 0 amide bonds. The minimum Gasteiger partial charge on any atom is -0.330 e. The number of halogens is 1. The molecule has 1 aromatic carbocycles. The quantitative estimate of drug-likeness (QED) is 0.884. The van der Waals surface area contributed by atoms with Crippen LogP contribution in [0.15, 0.2) is 24.3 Å². The third-order valence-electron chi connectivity index (χ3n) is 3.42. The maximum absolute atomic E-state index is 13.1. The number of sulfone groups is 1. The van der Waals surface area contributed by atoms with Crippen LogP contribution in [-0.4, -0.2) is 26.0 Å². The zero-order valence-corrected chi connectivity index (χ0v) is 10.5. The van der Waals surface area contributed by atoms with E-state index in [1.165, 1.54) is 12.1 Å². The highest BCUT2D eigenvalue weighted by Crippen LogP contribution is 2.51. The molecule has 2 rings (SSSR count). The summed E-state index contributed by atoms with van der Waals surface area (Å²) in [5.74, 6) is -0.430. The third kappa shape index (κ3) is 2.21. The zero-order valence-electron chi connectivity index (χ0n) is 9.64. The molecule has 0 bridgehead atoms. The van der Waals surface area contributed by atoms with Gasteiger partial charge in [-0.05, 0) is 30.2 Å². The van der Waals surface area contributed by atoms with Gasteiger partial charge >= 0.3 is 0 Å². The van der Waals surface area contributed by atoms with Crippen LogP contribution in [0.25, 0.3) is 0 Å². The maximum Gasteiger partial charge on any atom is 0.153 e. The molecule has 1 fully saturated rings. The maximum atomic E-state index is 13.1. The molecule has 17 heavy (non-hydrogen) atoms. The minimum absolute atomic E-state index is 0.0678. The topological polar surface area (TPSA) is 60.2 Å². The molecule has 0 spiro atoms. The fourth-order valence-corrected chi connectivity index (χ4v) is 4.37. The van der Waals surface area contributed by atoms with Gasteiger partial charge in [0.15, 0.2) is 9.84 Å². The van der Waals surface area contributed by atoms with Crippen LogP contribution in [0.1, 0.15) is 18.4 Å². The molecular formula is C12H16FNO2S. The molecule has 3 atom stereocenters. The van der Waals surface area contributed by atoms with Gasteiger partial charge in [-0.3, -0.25) is 0 Å². The first kappa shape index (κ1) is 12.5. The summed E-state index contributed by atoms with van der Waals surface area (Å²) in [4.78, 5) is 0. The molecule has 94 valence electrons. The van der Waals surface area contributed by atoms with Crippen molar-refractivity contribution < 1.29 is 12.8 Å². The van der Waals surface area contributed by atoms with E-state index in [0.29, 0.717) is 6.54 Å². The van der Waals surface area contributed by atoms with Gasteiger partial charge in [0.2, 0.25) is 0 Å². The van der Waals surface area contributed by atoms with Crippen LogP contribution < -0.4 is 5.73 Å². The van der Waals surface area contributed by atoms with E-state index in [9.17, 15) is 12.8 Å². The Labute approximate surface area is 101 Å². The highest BCUT2D eigenvalue weighted by atomic mass is 32.2. The normalized spacial score (nSPS) is 28.1. The lowest BCUT2D eigenvalue weighted by molar-refractivity contribution is 0.592. The Morgan fingerprint density at radius 3 is 2.65 bits per heavy atom. The van der Waals surface area contributed by atoms with Gasteiger partial charge in [0.25, 0.3) is 0 Å². The van der Waals surface area contributed by atoms with E-state index in [1.807, 2.05) is 0 Å². The molecule has 0 aromatic heterocycles. The summed E-state index contributed by atoms with van der Waals surface area (Å²) in [6.07, 6.45) is 0. The highest BCUT2D eigenvalue weighted by molar-refractivity contribution is 7.92. The SMILES string of the molecule is CCS(=O)(=O)[C@@H]1[C@@H](CN)[C@@H]1c1cccc(F)c1. The van der Waals surface area contributed by atoms with Crippen molar-refractivity contribution in [2.75, 3.05) is 12.3 Å². The minimum atomic E-state index is -3.10. The van der Waals surface area contributed by atoms with E-state index >= 15 is 0 Å². The van der Waals surface area contributed by atoms with Crippen molar-refractivity contribution in [2.45, 2.75) is 18.1 Å². The number of hydrogen-bond acceptors (Lipinski definition) is 3. The summed E-state index contributed by atoms with van der Waals surface area (Å²) in [5, 5.41) is -0.431. The summed E-state index contributed by atoms with van der Waals surface area (Å²) in [5.41, 5.74) is 6.32. The van der Waals surface area contributed by atoms with E-state index in [-0.39, 0.29) is 23.4 Å². The van der Waals surface area contributed by atoms with E-state index in [0.717, 1.165) is 5.56 Å². The number of rotatable bonds is 4. The zero-order chi connectivity index (χ0) is 12.6. The third-order valence-corrected chi connectivity index (χ3v) is 5.70. The van der Waals surface area contributed by atoms with Crippen molar-refractivity contribution in [2.24, 2.45) is 11.7 Å². The molecule has 0 unspecified atom stereocenters. The van der Waals surface area contributed by atoms with E-state index in [2.05, 4.69) is 0 Å². The average Bonchev–Trinajstić information content (AvgIpc) is 3.04. The smallest absolute Gasteiger partial charge is 0.153 e. The van der Waals surface area contributed by atoms with Crippen LogP contribution in [0.2, 0.25) is 0 Å². The number of hydrogen-bond donors (Lipinski definition) is 1. The fourth-order valence-electron chi connectivity index (χ4n) is 2.46. The van der Waals surface area contributed by atoms with Crippen molar-refractivity contribution in [1.29, 1.82) is 0 Å². The molecule has 2 N–H and O–H groups in total. The lowest BCUT2D eigenvalue weighted by Gasteiger charge is -2.00. The van der Waals surface area contributed by atoms with Crippen molar-refractivity contribution >= 4 is 9.84 Å². The molecular weight excluding hydrogens is 241 g/mol. The van der Waals surface area contributed by atoms with Gasteiger partial charge in [0.1, 0.15) is 5.82 Å². The Hall–Kier alpha value is -0.940. The van der Waals surface area contributed by atoms with Gasteiger partial charge in [-0.15, -0.1) is 0 Å². The van der Waals surface area contributed by atoms with Gasteiger partial charge < -0.3 is 5.73 Å². The van der Waals surface area contributed by atoms with Crippen LogP contribution >= 0.6 is 0 Å². The van der Waals surface area contributed by atoms with Crippen molar-refractivity contribution in [3.63, 3.8) is 0 Å².